The maximum atomic E-state index is 6.23. The van der Waals surface area contributed by atoms with Crippen molar-refractivity contribution in [1.82, 2.24) is 9.88 Å². The molecule has 2 heterocycles. The summed E-state index contributed by atoms with van der Waals surface area (Å²) in [6.07, 6.45) is 3.22. The van der Waals surface area contributed by atoms with Crippen LogP contribution >= 0.6 is 47.0 Å². The van der Waals surface area contributed by atoms with Gasteiger partial charge in [-0.15, -0.1) is 0 Å². The average Bonchev–Trinajstić information content (AvgIpc) is 2.57. The van der Waals surface area contributed by atoms with Crippen LogP contribution in [0.2, 0.25) is 15.1 Å². The first-order valence-electron chi connectivity index (χ1n) is 7.40. The van der Waals surface area contributed by atoms with Crippen LogP contribution in [0, 0.1) is 0 Å². The van der Waals surface area contributed by atoms with Crippen molar-refractivity contribution in [2.75, 3.05) is 36.4 Å². The lowest BCUT2D eigenvalue weighted by molar-refractivity contribution is 0.391. The third kappa shape index (κ3) is 3.86. The van der Waals surface area contributed by atoms with Crippen LogP contribution in [0.25, 0.3) is 0 Å². The fourth-order valence-electron chi connectivity index (χ4n) is 2.60. The normalized spacial score (nSPS) is 14.6. The molecule has 0 spiro atoms. The van der Waals surface area contributed by atoms with Crippen molar-refractivity contribution >= 4 is 63.5 Å². The number of benzene rings is 1. The number of pyridine rings is 1. The number of anilines is 2. The smallest absolute Gasteiger partial charge is 0.173 e. The number of piperazine rings is 1. The van der Waals surface area contributed by atoms with Crippen LogP contribution in [0.15, 0.2) is 36.7 Å². The minimum atomic E-state index is 0.563. The Balaban J connectivity index is 1.63. The Hall–Kier alpha value is -1.27. The van der Waals surface area contributed by atoms with Gasteiger partial charge in [0, 0.05) is 38.6 Å². The Morgan fingerprint density at radius 2 is 1.58 bits per heavy atom. The van der Waals surface area contributed by atoms with E-state index in [0.29, 0.717) is 20.2 Å². The minimum absolute atomic E-state index is 0.563. The second-order valence-corrected chi connectivity index (χ2v) is 6.94. The molecule has 126 valence electrons. The van der Waals surface area contributed by atoms with Crippen molar-refractivity contribution in [3.63, 3.8) is 0 Å². The van der Waals surface area contributed by atoms with Crippen molar-refractivity contribution < 1.29 is 0 Å². The summed E-state index contributed by atoms with van der Waals surface area (Å²) >= 11 is 24.1. The SMILES string of the molecule is S=C(Nc1ccccc1Cl)N1CCN(c2c(Cl)cncc2Cl)CC1. The van der Waals surface area contributed by atoms with Gasteiger partial charge in [-0.1, -0.05) is 46.9 Å². The molecule has 0 saturated carbocycles. The molecular formula is C16H15Cl3N4S. The van der Waals surface area contributed by atoms with E-state index in [1.165, 1.54) is 0 Å². The summed E-state index contributed by atoms with van der Waals surface area (Å²) in [5.74, 6) is 0. The average molecular weight is 402 g/mol. The lowest BCUT2D eigenvalue weighted by Crippen LogP contribution is -2.50. The number of nitrogens with one attached hydrogen (secondary N) is 1. The van der Waals surface area contributed by atoms with Gasteiger partial charge in [0.2, 0.25) is 0 Å². The fourth-order valence-corrected chi connectivity index (χ4v) is 3.68. The summed E-state index contributed by atoms with van der Waals surface area (Å²) in [6.45, 7) is 3.08. The second kappa shape index (κ2) is 7.74. The topological polar surface area (TPSA) is 31.4 Å². The Bertz CT molecular complexity index is 728. The molecule has 0 radical (unpaired) electrons. The largest absolute Gasteiger partial charge is 0.365 e. The van der Waals surface area contributed by atoms with Gasteiger partial charge >= 0.3 is 0 Å². The van der Waals surface area contributed by atoms with Gasteiger partial charge in [0.1, 0.15) is 0 Å². The highest BCUT2D eigenvalue weighted by Crippen LogP contribution is 2.33. The van der Waals surface area contributed by atoms with Crippen molar-refractivity contribution in [3.8, 4) is 0 Å². The van der Waals surface area contributed by atoms with E-state index in [9.17, 15) is 0 Å². The van der Waals surface area contributed by atoms with Crippen molar-refractivity contribution in [2.24, 2.45) is 0 Å². The third-order valence-electron chi connectivity index (χ3n) is 3.83. The Morgan fingerprint density at radius 3 is 2.21 bits per heavy atom. The van der Waals surface area contributed by atoms with Gasteiger partial charge in [-0.3, -0.25) is 4.98 Å². The van der Waals surface area contributed by atoms with Crippen LogP contribution in [0.4, 0.5) is 11.4 Å². The van der Waals surface area contributed by atoms with Crippen molar-refractivity contribution in [3.05, 3.63) is 51.7 Å². The molecular weight excluding hydrogens is 387 g/mol. The van der Waals surface area contributed by atoms with Gasteiger partial charge in [-0.05, 0) is 24.4 Å². The number of thiocarbonyl (C=S) groups is 1. The van der Waals surface area contributed by atoms with Crippen LogP contribution in [0.5, 0.6) is 0 Å². The molecule has 0 unspecified atom stereocenters. The lowest BCUT2D eigenvalue weighted by Gasteiger charge is -2.38. The van der Waals surface area contributed by atoms with Crippen molar-refractivity contribution in [2.45, 2.75) is 0 Å². The summed E-state index contributed by atoms with van der Waals surface area (Å²) < 4.78 is 0. The van der Waals surface area contributed by atoms with Gasteiger partial charge in [-0.25, -0.2) is 0 Å². The van der Waals surface area contributed by atoms with E-state index in [1.807, 2.05) is 24.3 Å². The highest BCUT2D eigenvalue weighted by molar-refractivity contribution is 7.80. The summed E-state index contributed by atoms with van der Waals surface area (Å²) in [5.41, 5.74) is 1.64. The molecule has 4 nitrogen and oxygen atoms in total. The van der Waals surface area contributed by atoms with E-state index >= 15 is 0 Å². The number of halogens is 3. The maximum Gasteiger partial charge on any atom is 0.173 e. The molecule has 0 atom stereocenters. The zero-order valence-corrected chi connectivity index (χ0v) is 15.8. The summed E-state index contributed by atoms with van der Waals surface area (Å²) in [6, 6.07) is 7.54. The first kappa shape index (κ1) is 17.5. The first-order valence-corrected chi connectivity index (χ1v) is 8.95. The van der Waals surface area contributed by atoms with Crippen LogP contribution in [0.3, 0.4) is 0 Å². The van der Waals surface area contributed by atoms with Crippen LogP contribution in [-0.2, 0) is 0 Å². The summed E-state index contributed by atoms with van der Waals surface area (Å²) in [4.78, 5) is 8.26. The van der Waals surface area contributed by atoms with Gasteiger partial charge < -0.3 is 15.1 Å². The molecule has 1 aliphatic heterocycles. The van der Waals surface area contributed by atoms with E-state index in [-0.39, 0.29) is 0 Å². The molecule has 8 heteroatoms. The number of hydrogen-bond acceptors (Lipinski definition) is 3. The number of para-hydroxylation sites is 1. The predicted octanol–water partition coefficient (Wildman–Crippen LogP) is 4.56. The maximum absolute atomic E-state index is 6.23. The highest BCUT2D eigenvalue weighted by atomic mass is 35.5. The second-order valence-electron chi connectivity index (χ2n) is 5.34. The lowest BCUT2D eigenvalue weighted by atomic mass is 10.2. The quantitative estimate of drug-likeness (QED) is 0.746. The highest BCUT2D eigenvalue weighted by Gasteiger charge is 2.22. The number of rotatable bonds is 2. The van der Waals surface area contributed by atoms with Gasteiger partial charge in [0.05, 0.1) is 26.4 Å². The molecule has 1 fully saturated rings. The molecule has 1 N–H and O–H groups in total. The molecule has 1 aromatic heterocycles. The summed E-state index contributed by atoms with van der Waals surface area (Å²) in [7, 11) is 0. The molecule has 0 bridgehead atoms. The third-order valence-corrected chi connectivity index (χ3v) is 5.07. The van der Waals surface area contributed by atoms with E-state index in [0.717, 1.165) is 37.6 Å². The van der Waals surface area contributed by atoms with Crippen LogP contribution in [0.1, 0.15) is 0 Å². The minimum Gasteiger partial charge on any atom is -0.365 e. The number of aromatic nitrogens is 1. The molecule has 1 aromatic carbocycles. The summed E-state index contributed by atoms with van der Waals surface area (Å²) in [5, 5.41) is 5.64. The standard InChI is InChI=1S/C16H15Cl3N4S/c17-11-3-1-2-4-14(11)21-16(24)23-7-5-22(6-8-23)15-12(18)9-20-10-13(15)19/h1-4,9-10H,5-8H2,(H,21,24). The Kier molecular flexibility index (Phi) is 5.66. The Morgan fingerprint density at radius 1 is 0.958 bits per heavy atom. The van der Waals surface area contributed by atoms with Crippen LogP contribution < -0.4 is 10.2 Å². The van der Waals surface area contributed by atoms with E-state index < -0.39 is 0 Å². The van der Waals surface area contributed by atoms with E-state index in [4.69, 9.17) is 47.0 Å². The van der Waals surface area contributed by atoms with Crippen LogP contribution in [-0.4, -0.2) is 41.2 Å². The number of hydrogen-bond donors (Lipinski definition) is 1. The molecule has 0 aliphatic carbocycles. The molecule has 1 aliphatic rings. The monoisotopic (exact) mass is 400 g/mol. The number of nitrogens with zero attached hydrogens (tertiary/aromatic N) is 3. The van der Waals surface area contributed by atoms with Gasteiger partial charge in [0.25, 0.3) is 0 Å². The predicted molar refractivity (Wildman–Crippen MR) is 106 cm³/mol. The Labute approximate surface area is 161 Å². The fraction of sp³-hybridized carbons (Fsp3) is 0.250. The van der Waals surface area contributed by atoms with Gasteiger partial charge in [-0.2, -0.15) is 0 Å². The molecule has 1 saturated heterocycles. The molecule has 3 rings (SSSR count). The molecule has 24 heavy (non-hydrogen) atoms. The zero-order valence-electron chi connectivity index (χ0n) is 12.7. The molecule has 2 aromatic rings. The van der Waals surface area contributed by atoms with E-state index in [2.05, 4.69) is 20.1 Å². The van der Waals surface area contributed by atoms with Crippen molar-refractivity contribution in [1.29, 1.82) is 0 Å². The molecule has 0 amide bonds. The van der Waals surface area contributed by atoms with E-state index in [1.54, 1.807) is 12.4 Å². The first-order chi connectivity index (χ1) is 11.6. The zero-order chi connectivity index (χ0) is 17.1. The van der Waals surface area contributed by atoms with Gasteiger partial charge in [0.15, 0.2) is 5.11 Å².